The van der Waals surface area contributed by atoms with Crippen LogP contribution in [0.1, 0.15) is 132 Å². The highest BCUT2D eigenvalue weighted by molar-refractivity contribution is 8.18. The molecule has 0 fully saturated rings. The van der Waals surface area contributed by atoms with Gasteiger partial charge in [-0.2, -0.15) is 0 Å². The van der Waals surface area contributed by atoms with Gasteiger partial charge in [0, 0.05) is 38.1 Å². The molecule has 0 aromatic heterocycles. The highest BCUT2D eigenvalue weighted by Gasteiger charge is 2.32. The van der Waals surface area contributed by atoms with Crippen LogP contribution < -0.4 is 4.74 Å². The standard InChI is InChI=1S/C38H58O4S2/c1-16-31(39)41-19-17-18-20-42-33-29(36(8,9)10)23-26(24-30(33)37(11,12)13)44-38(14,15)43-25-21-27(34(2,3)4)32(40)28(22-25)35(5,6)7/h16,21-24,40H,1,17-20H2,2-15H3. The van der Waals surface area contributed by atoms with Gasteiger partial charge in [-0.05, 0) is 72.6 Å². The van der Waals surface area contributed by atoms with Crippen LogP contribution in [0.15, 0.2) is 46.7 Å². The van der Waals surface area contributed by atoms with E-state index in [0.29, 0.717) is 19.0 Å². The number of benzene rings is 2. The number of phenols is 1. The molecule has 1 N–H and O–H groups in total. The molecule has 4 nitrogen and oxygen atoms in total. The highest BCUT2D eigenvalue weighted by atomic mass is 32.2. The van der Waals surface area contributed by atoms with Crippen molar-refractivity contribution < 1.29 is 19.4 Å². The van der Waals surface area contributed by atoms with Gasteiger partial charge in [-0.3, -0.25) is 0 Å². The van der Waals surface area contributed by atoms with E-state index in [1.165, 1.54) is 27.0 Å². The van der Waals surface area contributed by atoms with Crippen LogP contribution in [0.4, 0.5) is 0 Å². The Hall–Kier alpha value is -2.05. The number of esters is 1. The predicted molar refractivity (Wildman–Crippen MR) is 191 cm³/mol. The second-order valence-electron chi connectivity index (χ2n) is 16.2. The van der Waals surface area contributed by atoms with Crippen molar-refractivity contribution in [2.45, 2.75) is 145 Å². The lowest BCUT2D eigenvalue weighted by Gasteiger charge is -2.32. The summed E-state index contributed by atoms with van der Waals surface area (Å²) in [6.07, 6.45) is 2.72. The molecule has 0 bridgehead atoms. The molecule has 0 heterocycles. The van der Waals surface area contributed by atoms with Crippen molar-refractivity contribution in [1.29, 1.82) is 0 Å². The zero-order valence-electron chi connectivity index (χ0n) is 29.9. The van der Waals surface area contributed by atoms with Crippen molar-refractivity contribution >= 4 is 29.5 Å². The van der Waals surface area contributed by atoms with E-state index in [-0.39, 0.29) is 31.7 Å². The topological polar surface area (TPSA) is 55.8 Å². The normalized spacial score (nSPS) is 13.1. The zero-order chi connectivity index (χ0) is 33.9. The van der Waals surface area contributed by atoms with Gasteiger partial charge in [-0.1, -0.05) is 89.7 Å². The number of rotatable bonds is 11. The summed E-state index contributed by atoms with van der Waals surface area (Å²) in [6, 6.07) is 8.96. The number of phenolic OH excluding ortho intramolecular Hbond substituents is 1. The van der Waals surface area contributed by atoms with E-state index in [9.17, 15) is 9.90 Å². The Labute approximate surface area is 277 Å². The Kier molecular flexibility index (Phi) is 12.3. The maximum absolute atomic E-state index is 11.3. The molecule has 0 aliphatic rings. The SMILES string of the molecule is C=CC(=O)OCCCCOc1c(C(C)(C)C)cc(SC(C)(C)Sc2cc(C(C)(C)C)c(O)c(C(C)(C)C)c2)cc1C(C)(C)C. The first-order chi connectivity index (χ1) is 19.9. The third kappa shape index (κ3) is 10.8. The summed E-state index contributed by atoms with van der Waals surface area (Å²) in [5.74, 6) is 0.990. The fourth-order valence-corrected chi connectivity index (χ4v) is 7.53. The van der Waals surface area contributed by atoms with Crippen molar-refractivity contribution in [2.24, 2.45) is 0 Å². The van der Waals surface area contributed by atoms with Gasteiger partial charge in [-0.25, -0.2) is 4.79 Å². The molecule has 2 rings (SSSR count). The predicted octanol–water partition coefficient (Wildman–Crippen LogP) is 11.1. The number of hydrogen-bond acceptors (Lipinski definition) is 6. The Morgan fingerprint density at radius 1 is 0.682 bits per heavy atom. The van der Waals surface area contributed by atoms with Gasteiger partial charge in [0.05, 0.1) is 17.3 Å². The Morgan fingerprint density at radius 2 is 1.05 bits per heavy atom. The number of carbonyl (C=O) groups is 1. The minimum Gasteiger partial charge on any atom is -0.507 e. The number of hydrogen-bond donors (Lipinski definition) is 1. The summed E-state index contributed by atoms with van der Waals surface area (Å²) >= 11 is 3.71. The third-order valence-corrected chi connectivity index (χ3v) is 9.73. The van der Waals surface area contributed by atoms with Gasteiger partial charge >= 0.3 is 5.97 Å². The molecule has 0 spiro atoms. The van der Waals surface area contributed by atoms with Crippen molar-refractivity contribution in [1.82, 2.24) is 0 Å². The average molecular weight is 643 g/mol. The zero-order valence-corrected chi connectivity index (χ0v) is 31.5. The first-order valence-electron chi connectivity index (χ1n) is 15.7. The van der Waals surface area contributed by atoms with Crippen LogP contribution in [-0.4, -0.2) is 28.4 Å². The minimum absolute atomic E-state index is 0.122. The maximum atomic E-state index is 11.3. The van der Waals surface area contributed by atoms with E-state index in [1.807, 2.05) is 23.5 Å². The number of carbonyl (C=O) groups excluding carboxylic acids is 1. The fraction of sp³-hybridized carbons (Fsp3) is 0.605. The lowest BCUT2D eigenvalue weighted by molar-refractivity contribution is -0.137. The molecule has 44 heavy (non-hydrogen) atoms. The largest absolute Gasteiger partial charge is 0.507 e. The van der Waals surface area contributed by atoms with E-state index < -0.39 is 0 Å². The molecule has 2 aromatic carbocycles. The summed E-state index contributed by atoms with van der Waals surface area (Å²) < 4.78 is 11.5. The summed E-state index contributed by atoms with van der Waals surface area (Å²) in [5.41, 5.74) is 3.77. The molecule has 6 heteroatoms. The quantitative estimate of drug-likeness (QED) is 0.0865. The lowest BCUT2D eigenvalue weighted by atomic mass is 9.79. The first kappa shape index (κ1) is 38.1. The van der Waals surface area contributed by atoms with Gasteiger partial charge < -0.3 is 14.6 Å². The molecule has 0 amide bonds. The summed E-state index contributed by atoms with van der Waals surface area (Å²) in [6.45, 7) is 35.3. The molecule has 0 radical (unpaired) electrons. The lowest BCUT2D eigenvalue weighted by Crippen LogP contribution is -2.21. The number of aromatic hydroxyl groups is 1. The van der Waals surface area contributed by atoms with E-state index in [0.717, 1.165) is 29.7 Å². The van der Waals surface area contributed by atoms with E-state index in [2.05, 4.69) is 128 Å². The van der Waals surface area contributed by atoms with Gasteiger partial charge in [0.15, 0.2) is 0 Å². The van der Waals surface area contributed by atoms with Crippen molar-refractivity contribution in [3.05, 3.63) is 59.2 Å². The Bertz CT molecular complexity index is 1240. The van der Waals surface area contributed by atoms with Crippen LogP contribution in [0.2, 0.25) is 0 Å². The van der Waals surface area contributed by atoms with Crippen LogP contribution in [0, 0.1) is 0 Å². The van der Waals surface area contributed by atoms with Crippen LogP contribution in [0.3, 0.4) is 0 Å². The van der Waals surface area contributed by atoms with Crippen molar-refractivity contribution in [3.63, 3.8) is 0 Å². The van der Waals surface area contributed by atoms with Gasteiger partial charge in [0.1, 0.15) is 11.5 Å². The molecule has 2 aromatic rings. The summed E-state index contributed by atoms with van der Waals surface area (Å²) in [7, 11) is 0. The molecule has 0 saturated carbocycles. The Balaban J connectivity index is 2.47. The summed E-state index contributed by atoms with van der Waals surface area (Å²) in [5, 5.41) is 11.2. The first-order valence-corrected chi connectivity index (χ1v) is 17.4. The highest BCUT2D eigenvalue weighted by Crippen LogP contribution is 2.51. The molecular weight excluding hydrogens is 585 g/mol. The Morgan fingerprint density at radius 3 is 1.41 bits per heavy atom. The van der Waals surface area contributed by atoms with Crippen molar-refractivity contribution in [3.8, 4) is 11.5 Å². The fourth-order valence-electron chi connectivity index (χ4n) is 4.94. The van der Waals surface area contributed by atoms with E-state index >= 15 is 0 Å². The number of thioether (sulfide) groups is 2. The van der Waals surface area contributed by atoms with Crippen molar-refractivity contribution in [2.75, 3.05) is 13.2 Å². The third-order valence-electron chi connectivity index (χ3n) is 7.30. The number of ether oxygens (including phenoxy) is 2. The monoisotopic (exact) mass is 642 g/mol. The van der Waals surface area contributed by atoms with Crippen LogP contribution in [0.25, 0.3) is 0 Å². The van der Waals surface area contributed by atoms with Crippen LogP contribution in [-0.2, 0) is 31.2 Å². The van der Waals surface area contributed by atoms with Crippen LogP contribution in [0.5, 0.6) is 11.5 Å². The molecule has 0 aliphatic carbocycles. The summed E-state index contributed by atoms with van der Waals surface area (Å²) in [4.78, 5) is 13.7. The molecule has 0 saturated heterocycles. The molecular formula is C38H58O4S2. The van der Waals surface area contributed by atoms with Gasteiger partial charge in [0.2, 0.25) is 0 Å². The minimum atomic E-state index is -0.389. The van der Waals surface area contributed by atoms with E-state index in [1.54, 1.807) is 0 Å². The van der Waals surface area contributed by atoms with E-state index in [4.69, 9.17) is 9.47 Å². The molecule has 0 unspecified atom stereocenters. The number of unbranched alkanes of at least 4 members (excludes halogenated alkanes) is 1. The second-order valence-corrected chi connectivity index (χ2v) is 19.9. The van der Waals surface area contributed by atoms with Crippen LogP contribution >= 0.6 is 23.5 Å². The molecule has 246 valence electrons. The molecule has 0 atom stereocenters. The average Bonchev–Trinajstić information content (AvgIpc) is 2.84. The second kappa shape index (κ2) is 14.2. The molecule has 0 aliphatic heterocycles. The maximum Gasteiger partial charge on any atom is 0.330 e. The van der Waals surface area contributed by atoms with Gasteiger partial charge in [0.25, 0.3) is 0 Å². The smallest absolute Gasteiger partial charge is 0.330 e. The van der Waals surface area contributed by atoms with Gasteiger partial charge in [-0.15, -0.1) is 23.5 Å².